The number of sulfonamides is 4. The maximum atomic E-state index is 14.2. The lowest BCUT2D eigenvalue weighted by Gasteiger charge is -2.29. The maximum absolute atomic E-state index is 14.2. The predicted molar refractivity (Wildman–Crippen MR) is 202 cm³/mol. The van der Waals surface area contributed by atoms with Gasteiger partial charge in [-0.1, -0.05) is 110 Å². The molecule has 54 heavy (non-hydrogen) atoms. The van der Waals surface area contributed by atoms with Crippen LogP contribution < -0.4 is 0 Å². The molecule has 0 amide bonds. The summed E-state index contributed by atoms with van der Waals surface area (Å²) in [4.78, 5) is 8.53. The minimum atomic E-state index is -4.93. The third-order valence-electron chi connectivity index (χ3n) is 8.01. The molecule has 0 spiro atoms. The molecule has 0 saturated carbocycles. The van der Waals surface area contributed by atoms with Crippen LogP contribution in [0.2, 0.25) is 0 Å². The molecule has 13 nitrogen and oxygen atoms in total. The molecule has 6 aromatic rings. The molecule has 0 atom stereocenters. The number of para-hydroxylation sites is 1. The largest absolute Gasteiger partial charge is 0.390 e. The average molecular weight is 805 g/mol. The van der Waals surface area contributed by atoms with Crippen LogP contribution in [0, 0.1) is 0 Å². The van der Waals surface area contributed by atoms with E-state index in [1.165, 1.54) is 103 Å². The van der Waals surface area contributed by atoms with Crippen molar-refractivity contribution in [2.24, 2.45) is 5.16 Å². The third kappa shape index (κ3) is 8.10. The molecule has 0 aliphatic carbocycles. The van der Waals surface area contributed by atoms with Gasteiger partial charge in [-0.25, -0.2) is 33.7 Å². The summed E-state index contributed by atoms with van der Waals surface area (Å²) in [6.07, 6.45) is 0.926. The van der Waals surface area contributed by atoms with Crippen LogP contribution in [0.4, 0.5) is 0 Å². The summed E-state index contributed by atoms with van der Waals surface area (Å²) in [6, 6.07) is 35.6. The molecule has 0 aliphatic rings. The van der Waals surface area contributed by atoms with Crippen molar-refractivity contribution >= 4 is 57.2 Å². The van der Waals surface area contributed by atoms with Gasteiger partial charge in [-0.15, -0.1) is 0 Å². The van der Waals surface area contributed by atoms with Crippen LogP contribution in [-0.4, -0.2) is 71.5 Å². The van der Waals surface area contributed by atoms with E-state index in [4.69, 9.17) is 4.84 Å². The highest BCUT2D eigenvalue weighted by molar-refractivity contribution is 8.04. The summed E-state index contributed by atoms with van der Waals surface area (Å²) in [5, 5.41) is 4.77. The van der Waals surface area contributed by atoms with Gasteiger partial charge in [0.25, 0.3) is 40.1 Å². The second-order valence-electron chi connectivity index (χ2n) is 11.6. The number of oxime groups is 1. The average Bonchev–Trinajstić information content (AvgIpc) is 3.19. The van der Waals surface area contributed by atoms with Gasteiger partial charge in [-0.05, 0) is 54.6 Å². The van der Waals surface area contributed by atoms with Crippen molar-refractivity contribution in [3.63, 3.8) is 0 Å². The lowest BCUT2D eigenvalue weighted by molar-refractivity contribution is 0.0506. The van der Waals surface area contributed by atoms with E-state index >= 15 is 0 Å². The number of nitrogens with zero attached hydrogens (tertiary/aromatic N) is 4. The van der Waals surface area contributed by atoms with Gasteiger partial charge < -0.3 is 4.84 Å². The first kappa shape index (κ1) is 38.4. The van der Waals surface area contributed by atoms with E-state index in [0.29, 0.717) is 11.1 Å². The molecular formula is C37H32N4O9S4. The van der Waals surface area contributed by atoms with Gasteiger partial charge in [0.05, 0.1) is 44.4 Å². The number of pyridine rings is 1. The van der Waals surface area contributed by atoms with Gasteiger partial charge >= 0.3 is 0 Å². The minimum absolute atomic E-state index is 0.160. The predicted octanol–water partition coefficient (Wildman–Crippen LogP) is 5.11. The van der Waals surface area contributed by atoms with E-state index in [0.717, 1.165) is 5.39 Å². The first-order valence-corrected chi connectivity index (χ1v) is 21.9. The van der Waals surface area contributed by atoms with Gasteiger partial charge in [-0.3, -0.25) is 4.98 Å². The Morgan fingerprint density at radius 2 is 0.870 bits per heavy atom. The monoisotopic (exact) mass is 804 g/mol. The highest BCUT2D eigenvalue weighted by Crippen LogP contribution is 2.29. The molecule has 0 bridgehead atoms. The topological polar surface area (TPSA) is 178 Å². The number of hydrogen-bond acceptors (Lipinski definition) is 11. The Kier molecular flexibility index (Phi) is 11.4. The lowest BCUT2D eigenvalue weighted by atomic mass is 10.1. The second kappa shape index (κ2) is 16.0. The molecule has 0 N–H and O–H groups in total. The first-order valence-electron chi connectivity index (χ1n) is 16.1. The van der Waals surface area contributed by atoms with Gasteiger partial charge in [0.1, 0.15) is 0 Å². The molecule has 1 aromatic heterocycles. The second-order valence-corrected chi connectivity index (χ2v) is 19.5. The van der Waals surface area contributed by atoms with Crippen LogP contribution in [0.25, 0.3) is 10.9 Å². The van der Waals surface area contributed by atoms with Crippen LogP contribution in [-0.2, 0) is 44.9 Å². The van der Waals surface area contributed by atoms with E-state index in [1.807, 2.05) is 12.1 Å². The van der Waals surface area contributed by atoms with E-state index in [2.05, 4.69) is 10.1 Å². The zero-order valence-corrected chi connectivity index (χ0v) is 31.4. The fraction of sp³-hybridized carbons (Fsp3) is 0.0811. The molecule has 0 unspecified atom stereocenters. The standard InChI is InChI=1S/C37H32N4O9S4/c42-51(43,33-18-5-1-6-19-33)40(52(44,45)34-20-7-2-8-21-34)28-32(50-39-27-31-16-13-15-30-17-14-26-38-37(30)31)29-41(53(46,47)35-22-9-3-10-23-35)54(48,49)36-24-11-4-12-25-36/h1-27,32H,28-29H2/b39-27+. The van der Waals surface area contributed by atoms with Crippen LogP contribution in [0.15, 0.2) is 183 Å². The normalized spacial score (nSPS) is 12.9. The Hall–Kier alpha value is -5.30. The molecule has 17 heteroatoms. The fourth-order valence-corrected chi connectivity index (χ4v) is 12.8. The fourth-order valence-electron chi connectivity index (χ4n) is 5.35. The summed E-state index contributed by atoms with van der Waals surface area (Å²) < 4.78 is 114. The van der Waals surface area contributed by atoms with Gasteiger partial charge in [0.2, 0.25) is 0 Å². The molecule has 0 fully saturated rings. The molecule has 5 aromatic carbocycles. The summed E-state index contributed by atoms with van der Waals surface area (Å²) in [7, 11) is -19.7. The van der Waals surface area contributed by atoms with E-state index in [9.17, 15) is 33.7 Å². The summed E-state index contributed by atoms with van der Waals surface area (Å²) in [6.45, 7) is -2.21. The van der Waals surface area contributed by atoms with Crippen LogP contribution in [0.1, 0.15) is 5.56 Å². The maximum Gasteiger partial charge on any atom is 0.256 e. The molecule has 0 radical (unpaired) electrons. The Balaban J connectivity index is 1.51. The lowest BCUT2D eigenvalue weighted by Crippen LogP contribution is -2.48. The number of benzene rings is 5. The van der Waals surface area contributed by atoms with Crippen molar-refractivity contribution in [3.05, 3.63) is 163 Å². The van der Waals surface area contributed by atoms with E-state index in [-0.39, 0.29) is 7.42 Å². The van der Waals surface area contributed by atoms with Crippen LogP contribution >= 0.6 is 0 Å². The van der Waals surface area contributed by atoms with Crippen LogP contribution in [0.3, 0.4) is 0 Å². The van der Waals surface area contributed by atoms with Crippen molar-refractivity contribution < 1.29 is 38.5 Å². The smallest absolute Gasteiger partial charge is 0.256 e. The van der Waals surface area contributed by atoms with Crippen molar-refractivity contribution in [2.45, 2.75) is 25.7 Å². The van der Waals surface area contributed by atoms with Crippen molar-refractivity contribution in [1.29, 1.82) is 0 Å². The molecule has 0 saturated heterocycles. The number of aromatic nitrogens is 1. The van der Waals surface area contributed by atoms with Crippen LogP contribution in [0.5, 0.6) is 0 Å². The Morgan fingerprint density at radius 1 is 0.500 bits per heavy atom. The highest BCUT2D eigenvalue weighted by atomic mass is 32.3. The van der Waals surface area contributed by atoms with Crippen molar-refractivity contribution in [2.75, 3.05) is 13.1 Å². The quantitative estimate of drug-likeness (QED) is 0.100. The molecule has 6 rings (SSSR count). The zero-order chi connectivity index (χ0) is 38.4. The van der Waals surface area contributed by atoms with Gasteiger partial charge in [0.15, 0.2) is 6.10 Å². The molecular weight excluding hydrogens is 773 g/mol. The van der Waals surface area contributed by atoms with Gasteiger partial charge in [0, 0.05) is 17.1 Å². The van der Waals surface area contributed by atoms with E-state index < -0.39 is 78.9 Å². The van der Waals surface area contributed by atoms with E-state index in [1.54, 1.807) is 48.7 Å². The van der Waals surface area contributed by atoms with Gasteiger partial charge in [-0.2, -0.15) is 0 Å². The Labute approximate surface area is 314 Å². The molecule has 1 heterocycles. The Morgan fingerprint density at radius 3 is 1.26 bits per heavy atom. The zero-order valence-electron chi connectivity index (χ0n) is 28.2. The molecule has 278 valence electrons. The first-order chi connectivity index (χ1) is 25.8. The summed E-state index contributed by atoms with van der Waals surface area (Å²) >= 11 is 0. The van der Waals surface area contributed by atoms with Crippen molar-refractivity contribution in [1.82, 2.24) is 12.4 Å². The van der Waals surface area contributed by atoms with Crippen molar-refractivity contribution in [3.8, 4) is 0 Å². The number of rotatable bonds is 15. The third-order valence-corrected chi connectivity index (χ3v) is 16.6. The number of hydrogen-bond donors (Lipinski definition) is 0. The SMILES string of the molecule is O=S(=O)(c1ccccc1)N(CC(CN(S(=O)(=O)c1ccccc1)S(=O)(=O)c1ccccc1)O/N=C/c1cccc2cccnc12)S(=O)(=O)c1ccccc1. The summed E-state index contributed by atoms with van der Waals surface area (Å²) in [5.41, 5.74) is 0.965. The Bertz CT molecular complexity index is 2420. The summed E-state index contributed by atoms with van der Waals surface area (Å²) in [5.74, 6) is 0. The highest BCUT2D eigenvalue weighted by Gasteiger charge is 2.43. The minimum Gasteiger partial charge on any atom is -0.390 e. The number of fused-ring (bicyclic) bond motifs is 1. The molecule has 0 aliphatic heterocycles.